The second kappa shape index (κ2) is 27.1. The number of hydrogen-bond donors (Lipinski definition) is 2. The molecule has 2 N–H and O–H groups in total. The molecule has 272 valence electrons. The molecule has 0 fully saturated rings. The van der Waals surface area contributed by atoms with E-state index >= 15 is 0 Å². The third-order valence-electron chi connectivity index (χ3n) is 7.11. The molecule has 0 radical (unpaired) electrons. The molecule has 0 aromatic rings. The highest BCUT2D eigenvalue weighted by Crippen LogP contribution is 2.16. The maximum Gasteiger partial charge on any atom is 0.329 e. The first-order chi connectivity index (χ1) is 22.2. The fraction of sp³-hybridized carbons (Fsp3) is 0.886. The van der Waals surface area contributed by atoms with E-state index in [-0.39, 0.29) is 50.4 Å². The van der Waals surface area contributed by atoms with Gasteiger partial charge in [0.15, 0.2) is 0 Å². The van der Waals surface area contributed by atoms with Gasteiger partial charge < -0.3 is 24.8 Å². The highest BCUT2D eigenvalue weighted by Gasteiger charge is 2.27. The fourth-order valence-electron chi connectivity index (χ4n) is 4.84. The first-order valence-electron chi connectivity index (χ1n) is 17.8. The van der Waals surface area contributed by atoms with Crippen molar-refractivity contribution in [2.45, 2.75) is 174 Å². The second-order valence-electron chi connectivity index (χ2n) is 14.1. The van der Waals surface area contributed by atoms with E-state index in [2.05, 4.69) is 20.7 Å². The molecule has 0 saturated carbocycles. The van der Waals surface area contributed by atoms with E-state index in [1.807, 2.05) is 20.8 Å². The van der Waals surface area contributed by atoms with Crippen LogP contribution in [-0.4, -0.2) is 67.3 Å². The SMILES string of the molecule is CC(C)(C)OC(=O)CCCCCCCCCCCCCCCCC(=O)NC(CCC(=O)NCCOCCN=[N+]=[N-])C(=O)OC(C)(C)C. The van der Waals surface area contributed by atoms with Gasteiger partial charge in [-0.25, -0.2) is 4.79 Å². The van der Waals surface area contributed by atoms with Crippen molar-refractivity contribution in [1.29, 1.82) is 0 Å². The Balaban J connectivity index is 3.99. The highest BCUT2D eigenvalue weighted by atomic mass is 16.6. The highest BCUT2D eigenvalue weighted by molar-refractivity contribution is 5.85. The molecule has 0 aliphatic heterocycles. The van der Waals surface area contributed by atoms with Gasteiger partial charge in [0.05, 0.1) is 13.2 Å². The van der Waals surface area contributed by atoms with Crippen molar-refractivity contribution in [3.63, 3.8) is 0 Å². The summed E-state index contributed by atoms with van der Waals surface area (Å²) in [4.78, 5) is 51.9. The van der Waals surface area contributed by atoms with Crippen LogP contribution >= 0.6 is 0 Å². The van der Waals surface area contributed by atoms with Crippen LogP contribution in [0.4, 0.5) is 0 Å². The van der Waals surface area contributed by atoms with Crippen LogP contribution in [0.15, 0.2) is 5.11 Å². The van der Waals surface area contributed by atoms with Crippen molar-refractivity contribution in [2.24, 2.45) is 5.11 Å². The summed E-state index contributed by atoms with van der Waals surface area (Å²) in [5, 5.41) is 8.86. The maximum absolute atomic E-state index is 12.7. The predicted octanol–water partition coefficient (Wildman–Crippen LogP) is 7.62. The molecule has 0 spiro atoms. The molecule has 12 heteroatoms. The lowest BCUT2D eigenvalue weighted by molar-refractivity contribution is -0.159. The van der Waals surface area contributed by atoms with Crippen LogP contribution in [0, 0.1) is 0 Å². The quantitative estimate of drug-likeness (QED) is 0.0284. The second-order valence-corrected chi connectivity index (χ2v) is 14.1. The monoisotopic (exact) mass is 667 g/mol. The molecule has 2 amide bonds. The van der Waals surface area contributed by atoms with Gasteiger partial charge in [-0.1, -0.05) is 82.2 Å². The van der Waals surface area contributed by atoms with Gasteiger partial charge in [0.25, 0.3) is 0 Å². The van der Waals surface area contributed by atoms with Crippen LogP contribution in [0.1, 0.15) is 157 Å². The van der Waals surface area contributed by atoms with E-state index in [4.69, 9.17) is 19.7 Å². The molecule has 0 saturated heterocycles. The Hall–Kier alpha value is -2.85. The summed E-state index contributed by atoms with van der Waals surface area (Å²) in [7, 11) is 0. The first kappa shape index (κ1) is 44.1. The zero-order valence-corrected chi connectivity index (χ0v) is 30.3. The molecule has 47 heavy (non-hydrogen) atoms. The number of carbonyl (C=O) groups excluding carboxylic acids is 4. The van der Waals surface area contributed by atoms with Crippen LogP contribution < -0.4 is 10.6 Å². The molecule has 0 rings (SSSR count). The number of nitrogens with one attached hydrogen (secondary N) is 2. The smallest absolute Gasteiger partial charge is 0.329 e. The zero-order valence-electron chi connectivity index (χ0n) is 30.3. The Labute approximate surface area is 283 Å². The van der Waals surface area contributed by atoms with E-state index in [1.165, 1.54) is 51.4 Å². The molecule has 1 atom stereocenters. The molecule has 1 unspecified atom stereocenters. The maximum atomic E-state index is 12.7. The van der Waals surface area contributed by atoms with E-state index < -0.39 is 23.2 Å². The number of rotatable bonds is 28. The van der Waals surface area contributed by atoms with Gasteiger partial charge in [0.2, 0.25) is 11.8 Å². The summed E-state index contributed by atoms with van der Waals surface area (Å²) < 4.78 is 16.1. The number of unbranched alkanes of at least 4 members (excludes halogenated alkanes) is 13. The molecule has 0 aromatic heterocycles. The number of carbonyl (C=O) groups is 4. The van der Waals surface area contributed by atoms with Crippen molar-refractivity contribution in [1.82, 2.24) is 10.6 Å². The van der Waals surface area contributed by atoms with Crippen LogP contribution in [0.2, 0.25) is 0 Å². The first-order valence-corrected chi connectivity index (χ1v) is 17.8. The zero-order chi connectivity index (χ0) is 35.4. The van der Waals surface area contributed by atoms with Crippen molar-refractivity contribution >= 4 is 23.8 Å². The lowest BCUT2D eigenvalue weighted by Crippen LogP contribution is -2.44. The summed E-state index contributed by atoms with van der Waals surface area (Å²) in [6.07, 6.45) is 16.9. The minimum atomic E-state index is -0.892. The van der Waals surface area contributed by atoms with Gasteiger partial charge in [0, 0.05) is 37.3 Å². The third kappa shape index (κ3) is 31.5. The molecule has 0 aliphatic carbocycles. The molecule has 0 aromatic carbocycles. The molecule has 0 heterocycles. The van der Waals surface area contributed by atoms with Crippen LogP contribution in [-0.2, 0) is 33.4 Å². The van der Waals surface area contributed by atoms with Gasteiger partial charge >= 0.3 is 11.9 Å². The van der Waals surface area contributed by atoms with Crippen molar-refractivity contribution in [3.05, 3.63) is 10.4 Å². The van der Waals surface area contributed by atoms with E-state index in [0.717, 1.165) is 38.5 Å². The number of azide groups is 1. The number of amides is 2. The number of nitrogens with zero attached hydrogens (tertiary/aromatic N) is 3. The average Bonchev–Trinajstić information content (AvgIpc) is 2.96. The Bertz CT molecular complexity index is 924. The van der Waals surface area contributed by atoms with E-state index in [9.17, 15) is 19.2 Å². The summed E-state index contributed by atoms with van der Waals surface area (Å²) in [6.45, 7) is 12.1. The van der Waals surface area contributed by atoms with Gasteiger partial charge in [-0.3, -0.25) is 14.4 Å². The topological polar surface area (TPSA) is 169 Å². The van der Waals surface area contributed by atoms with Crippen LogP contribution in [0.3, 0.4) is 0 Å². The average molecular weight is 668 g/mol. The van der Waals surface area contributed by atoms with Crippen LogP contribution in [0.5, 0.6) is 0 Å². The summed E-state index contributed by atoms with van der Waals surface area (Å²) in [6, 6.07) is -0.892. The molecule has 0 bridgehead atoms. The fourth-order valence-corrected chi connectivity index (χ4v) is 4.84. The number of hydrogen-bond acceptors (Lipinski definition) is 8. The van der Waals surface area contributed by atoms with E-state index in [0.29, 0.717) is 19.4 Å². The van der Waals surface area contributed by atoms with Crippen molar-refractivity contribution < 1.29 is 33.4 Å². The van der Waals surface area contributed by atoms with Gasteiger partial charge in [-0.05, 0) is 66.3 Å². The molecule has 0 aliphatic rings. The standard InChI is InChI=1S/C35H65N5O7/c1-34(2,3)46-32(43)22-20-18-16-14-12-10-8-7-9-11-13-15-17-19-21-31(42)39-29(33(44)47-35(4,5)6)23-24-30(41)37-25-27-45-28-26-38-40-36/h29H,7-28H2,1-6H3,(H,37,41)(H,39,42). The number of ether oxygens (including phenoxy) is 3. The van der Waals surface area contributed by atoms with Gasteiger partial charge in [-0.2, -0.15) is 0 Å². The molecular weight excluding hydrogens is 602 g/mol. The van der Waals surface area contributed by atoms with Crippen molar-refractivity contribution in [2.75, 3.05) is 26.3 Å². The summed E-state index contributed by atoms with van der Waals surface area (Å²) in [5.41, 5.74) is 7.13. The van der Waals surface area contributed by atoms with Crippen LogP contribution in [0.25, 0.3) is 10.4 Å². The largest absolute Gasteiger partial charge is 0.460 e. The lowest BCUT2D eigenvalue weighted by atomic mass is 10.0. The third-order valence-corrected chi connectivity index (χ3v) is 7.11. The lowest BCUT2D eigenvalue weighted by Gasteiger charge is -2.24. The Kier molecular flexibility index (Phi) is 25.5. The predicted molar refractivity (Wildman–Crippen MR) is 185 cm³/mol. The molecular formula is C35H65N5O7. The summed E-state index contributed by atoms with van der Waals surface area (Å²) >= 11 is 0. The minimum Gasteiger partial charge on any atom is -0.460 e. The van der Waals surface area contributed by atoms with Crippen molar-refractivity contribution in [3.8, 4) is 0 Å². The minimum absolute atomic E-state index is 0.0558. The normalized spacial score (nSPS) is 12.1. The Morgan fingerprint density at radius 1 is 0.660 bits per heavy atom. The van der Waals surface area contributed by atoms with Gasteiger partial charge in [-0.15, -0.1) is 0 Å². The Morgan fingerprint density at radius 3 is 1.64 bits per heavy atom. The Morgan fingerprint density at radius 2 is 1.15 bits per heavy atom. The summed E-state index contributed by atoms with van der Waals surface area (Å²) in [5.74, 6) is -1.10. The molecule has 12 nitrogen and oxygen atoms in total. The number of esters is 2. The van der Waals surface area contributed by atoms with E-state index in [1.54, 1.807) is 20.8 Å². The van der Waals surface area contributed by atoms with Gasteiger partial charge in [0.1, 0.15) is 17.2 Å².